The Balaban J connectivity index is 0.000000333. The van der Waals surface area contributed by atoms with Crippen molar-refractivity contribution in [1.82, 2.24) is 9.58 Å². The number of hydrogen-bond donors (Lipinski definition) is 2. The Hall–Kier alpha value is -2.61. The lowest BCUT2D eigenvalue weighted by molar-refractivity contribution is -0.134. The molecule has 0 aromatic carbocycles. The summed E-state index contributed by atoms with van der Waals surface area (Å²) in [6.07, 6.45) is 7.69. The van der Waals surface area contributed by atoms with Crippen molar-refractivity contribution in [3.63, 3.8) is 0 Å². The molecule has 1 aliphatic rings. The molecule has 2 heterocycles. The Morgan fingerprint density at radius 3 is 1.96 bits per heavy atom. The molecule has 0 atom stereocenters. The number of carboxylic acids is 2. The molecule has 25 heavy (non-hydrogen) atoms. The van der Waals surface area contributed by atoms with Crippen LogP contribution >= 0.6 is 0 Å². The molecule has 0 saturated carbocycles. The monoisotopic (exact) mass is 351 g/mol. The molecule has 1 amide bonds. The van der Waals surface area contributed by atoms with Gasteiger partial charge >= 0.3 is 11.9 Å². The van der Waals surface area contributed by atoms with Crippen LogP contribution in [0.3, 0.4) is 0 Å². The quantitative estimate of drug-likeness (QED) is 0.772. The molecule has 2 rings (SSSR count). The molecule has 0 spiro atoms. The van der Waals surface area contributed by atoms with Crippen LogP contribution in [0.1, 0.15) is 26.2 Å². The average Bonchev–Trinajstić information content (AvgIpc) is 3.09. The van der Waals surface area contributed by atoms with E-state index in [0.29, 0.717) is 24.6 Å². The van der Waals surface area contributed by atoms with Crippen molar-refractivity contribution >= 4 is 17.8 Å². The van der Waals surface area contributed by atoms with Gasteiger partial charge in [-0.1, -0.05) is 6.92 Å². The highest BCUT2D eigenvalue weighted by Crippen LogP contribution is 2.16. The van der Waals surface area contributed by atoms with Crippen LogP contribution in [0.25, 0.3) is 0 Å². The minimum absolute atomic E-state index is 0.204. The zero-order chi connectivity index (χ0) is 18.8. The van der Waals surface area contributed by atoms with Gasteiger partial charge in [0, 0.05) is 31.0 Å². The van der Waals surface area contributed by atoms with E-state index >= 15 is 0 Å². The number of hydrogen-bond acceptors (Lipinski definition) is 4. The van der Waals surface area contributed by atoms with Crippen LogP contribution in [0.5, 0.6) is 0 Å². The first-order chi connectivity index (χ1) is 11.8. The van der Waals surface area contributed by atoms with E-state index in [-0.39, 0.29) is 5.91 Å². The maximum Gasteiger partial charge on any atom is 0.328 e. The number of rotatable bonds is 5. The van der Waals surface area contributed by atoms with Crippen LogP contribution in [0.2, 0.25) is 0 Å². The molecule has 1 aromatic heterocycles. The van der Waals surface area contributed by atoms with Gasteiger partial charge in [-0.15, -0.1) is 0 Å². The van der Waals surface area contributed by atoms with Crippen molar-refractivity contribution < 1.29 is 24.6 Å². The molecule has 0 unspecified atom stereocenters. The van der Waals surface area contributed by atoms with Gasteiger partial charge in [-0.2, -0.15) is 0 Å². The number of nitrogens with zero attached hydrogens (tertiary/aromatic N) is 3. The summed E-state index contributed by atoms with van der Waals surface area (Å²) in [4.78, 5) is 33.5. The summed E-state index contributed by atoms with van der Waals surface area (Å²) < 4.78 is 1.93. The van der Waals surface area contributed by atoms with Gasteiger partial charge in [0.2, 0.25) is 5.91 Å². The number of carbonyl (C=O) groups is 3. The average molecular weight is 351 g/mol. The normalized spacial score (nSPS) is 15.4. The van der Waals surface area contributed by atoms with E-state index in [1.807, 2.05) is 41.1 Å². The minimum Gasteiger partial charge on any atom is -0.478 e. The molecule has 1 aliphatic heterocycles. The van der Waals surface area contributed by atoms with Gasteiger partial charge < -0.3 is 15.1 Å². The number of likely N-dealkylation sites (tertiary alicyclic amines) is 1. The molecule has 1 fully saturated rings. The second-order valence-corrected chi connectivity index (χ2v) is 5.70. The summed E-state index contributed by atoms with van der Waals surface area (Å²) in [7, 11) is 2.14. The SMILES string of the molecule is CCC(=O)N(C1CCN(C)CC1)n1cccc1.O=C(O)C=CC(=O)O. The van der Waals surface area contributed by atoms with Crippen molar-refractivity contribution in [2.75, 3.05) is 25.1 Å². The van der Waals surface area contributed by atoms with E-state index in [1.54, 1.807) is 0 Å². The highest BCUT2D eigenvalue weighted by molar-refractivity contribution is 5.89. The van der Waals surface area contributed by atoms with E-state index in [9.17, 15) is 14.4 Å². The second-order valence-electron chi connectivity index (χ2n) is 5.70. The minimum atomic E-state index is -1.26. The van der Waals surface area contributed by atoms with Crippen molar-refractivity contribution in [2.45, 2.75) is 32.2 Å². The molecule has 8 heteroatoms. The van der Waals surface area contributed by atoms with E-state index in [0.717, 1.165) is 25.9 Å². The van der Waals surface area contributed by atoms with Crippen LogP contribution in [-0.2, 0) is 14.4 Å². The highest BCUT2D eigenvalue weighted by atomic mass is 16.4. The lowest BCUT2D eigenvalue weighted by Crippen LogP contribution is -2.51. The summed E-state index contributed by atoms with van der Waals surface area (Å²) in [6, 6.07) is 4.27. The summed E-state index contributed by atoms with van der Waals surface area (Å²) >= 11 is 0. The van der Waals surface area contributed by atoms with Gasteiger partial charge in [-0.3, -0.25) is 9.47 Å². The fourth-order valence-corrected chi connectivity index (χ4v) is 2.53. The third-order valence-electron chi connectivity index (χ3n) is 3.80. The fourth-order valence-electron chi connectivity index (χ4n) is 2.53. The first-order valence-corrected chi connectivity index (χ1v) is 8.13. The molecule has 0 bridgehead atoms. The number of aromatic nitrogens is 1. The third kappa shape index (κ3) is 7.21. The Kier molecular flexibility index (Phi) is 8.42. The number of amides is 1. The van der Waals surface area contributed by atoms with E-state index in [2.05, 4.69) is 11.9 Å². The maximum absolute atomic E-state index is 12.1. The molecule has 1 saturated heterocycles. The van der Waals surface area contributed by atoms with Gasteiger partial charge in [0.05, 0.1) is 6.04 Å². The molecule has 138 valence electrons. The van der Waals surface area contributed by atoms with Crippen LogP contribution in [0, 0.1) is 0 Å². The molecule has 0 radical (unpaired) electrons. The smallest absolute Gasteiger partial charge is 0.328 e. The number of carbonyl (C=O) groups excluding carboxylic acids is 1. The molecule has 2 N–H and O–H groups in total. The summed E-state index contributed by atoms with van der Waals surface area (Å²) in [6.45, 7) is 4.06. The molecular weight excluding hydrogens is 326 g/mol. The van der Waals surface area contributed by atoms with Crippen LogP contribution in [0.15, 0.2) is 36.7 Å². The van der Waals surface area contributed by atoms with Crippen molar-refractivity contribution in [1.29, 1.82) is 0 Å². The summed E-state index contributed by atoms with van der Waals surface area (Å²) in [5.74, 6) is -2.31. The van der Waals surface area contributed by atoms with Crippen molar-refractivity contribution in [2.24, 2.45) is 0 Å². The van der Waals surface area contributed by atoms with Gasteiger partial charge in [-0.25, -0.2) is 14.6 Å². The van der Waals surface area contributed by atoms with E-state index < -0.39 is 11.9 Å². The zero-order valence-corrected chi connectivity index (χ0v) is 14.5. The fraction of sp³-hybridized carbons (Fsp3) is 0.471. The van der Waals surface area contributed by atoms with Gasteiger partial charge in [0.1, 0.15) is 0 Å². The van der Waals surface area contributed by atoms with Crippen molar-refractivity contribution in [3.05, 3.63) is 36.7 Å². The summed E-state index contributed by atoms with van der Waals surface area (Å²) in [5, 5.41) is 17.5. The maximum atomic E-state index is 12.1. The van der Waals surface area contributed by atoms with E-state index in [4.69, 9.17) is 10.2 Å². The molecule has 1 aromatic rings. The predicted molar refractivity (Wildman–Crippen MR) is 92.9 cm³/mol. The van der Waals surface area contributed by atoms with Gasteiger partial charge in [0.15, 0.2) is 0 Å². The zero-order valence-electron chi connectivity index (χ0n) is 14.5. The lowest BCUT2D eigenvalue weighted by Gasteiger charge is -2.37. The number of carboxylic acid groups (broad SMARTS) is 2. The third-order valence-corrected chi connectivity index (χ3v) is 3.80. The van der Waals surface area contributed by atoms with Crippen LogP contribution in [-0.4, -0.2) is 63.8 Å². The summed E-state index contributed by atoms with van der Waals surface area (Å²) in [5.41, 5.74) is 0. The first-order valence-electron chi connectivity index (χ1n) is 8.13. The van der Waals surface area contributed by atoms with Crippen molar-refractivity contribution in [3.8, 4) is 0 Å². The second kappa shape index (κ2) is 10.3. The van der Waals surface area contributed by atoms with Gasteiger partial charge in [0.25, 0.3) is 0 Å². The largest absolute Gasteiger partial charge is 0.478 e. The predicted octanol–water partition coefficient (Wildman–Crippen LogP) is 1.17. The van der Waals surface area contributed by atoms with Crippen LogP contribution < -0.4 is 5.01 Å². The molecule has 8 nitrogen and oxygen atoms in total. The molecule has 0 aliphatic carbocycles. The number of piperidine rings is 1. The first kappa shape index (κ1) is 20.4. The molecular formula is C17H25N3O5. The van der Waals surface area contributed by atoms with E-state index in [1.165, 1.54) is 0 Å². The lowest BCUT2D eigenvalue weighted by atomic mass is 10.0. The van der Waals surface area contributed by atoms with Gasteiger partial charge in [-0.05, 0) is 45.1 Å². The number of aliphatic carboxylic acids is 2. The van der Waals surface area contributed by atoms with Crippen LogP contribution in [0.4, 0.5) is 0 Å². The topological polar surface area (TPSA) is 103 Å². The Morgan fingerprint density at radius 2 is 1.56 bits per heavy atom. The Morgan fingerprint density at radius 1 is 1.08 bits per heavy atom. The highest BCUT2D eigenvalue weighted by Gasteiger charge is 2.26. The Labute approximate surface area is 146 Å². The Bertz CT molecular complexity index is 573. The standard InChI is InChI=1S/C13H21N3O.C4H4O4/c1-3-13(17)16(15-8-4-5-9-15)12-6-10-14(2)11-7-12;5-3(6)1-2-4(7)8/h4-5,8-9,12H,3,6-7,10-11H2,1-2H3;1-2H,(H,5,6)(H,7,8).